The van der Waals surface area contributed by atoms with E-state index in [-0.39, 0.29) is 5.03 Å². The first kappa shape index (κ1) is 19.9. The maximum absolute atomic E-state index is 14.0. The van der Waals surface area contributed by atoms with Crippen LogP contribution in [-0.2, 0) is 29.5 Å². The van der Waals surface area contributed by atoms with Crippen LogP contribution >= 0.6 is 0 Å². The summed E-state index contributed by atoms with van der Waals surface area (Å²) < 4.78 is 43.2. The minimum absolute atomic E-state index is 0.311. The normalized spacial score (nSPS) is 11.8. The number of fused-ring (bicyclic) bond motifs is 1. The Kier molecular flexibility index (Phi) is 5.42. The van der Waals surface area contributed by atoms with Crippen molar-refractivity contribution in [1.82, 2.24) is 24.7 Å². The largest absolute Gasteiger partial charge is 0.364 e. The Bertz CT molecular complexity index is 1270. The summed E-state index contributed by atoms with van der Waals surface area (Å²) in [5.74, 6) is 0.697. The maximum Gasteiger partial charge on any atom is 0.312 e. The molecule has 156 valence electrons. The van der Waals surface area contributed by atoms with Gasteiger partial charge in [0.05, 0.1) is 6.33 Å². The first-order valence-electron chi connectivity index (χ1n) is 9.05. The minimum atomic E-state index is -3.90. The lowest BCUT2D eigenvalue weighted by molar-refractivity contribution is 0.364. The SMILES string of the molecule is NS(=O)(=O)c1cc(CCCn2cnc3c(NCc4ccccc4)nc(F)nc32)on1. The van der Waals surface area contributed by atoms with Gasteiger partial charge in [-0.25, -0.2) is 18.5 Å². The molecule has 4 aromatic rings. The molecule has 10 nitrogen and oxygen atoms in total. The number of benzene rings is 1. The zero-order valence-corrected chi connectivity index (χ0v) is 16.5. The predicted octanol–water partition coefficient (Wildman–Crippen LogP) is 1.85. The Labute approximate surface area is 171 Å². The Morgan fingerprint density at radius 3 is 2.73 bits per heavy atom. The number of nitrogens with two attached hydrogens (primary N) is 1. The number of rotatable bonds is 8. The number of nitrogens with one attached hydrogen (secondary N) is 1. The summed E-state index contributed by atoms with van der Waals surface area (Å²) in [6, 6.07) is 10.9. The lowest BCUT2D eigenvalue weighted by atomic mass is 10.2. The van der Waals surface area contributed by atoms with Gasteiger partial charge < -0.3 is 14.4 Å². The minimum Gasteiger partial charge on any atom is -0.364 e. The summed E-state index contributed by atoms with van der Waals surface area (Å²) in [5.41, 5.74) is 1.85. The molecule has 0 radical (unpaired) electrons. The van der Waals surface area contributed by atoms with E-state index in [9.17, 15) is 12.8 Å². The number of nitrogens with zero attached hydrogens (tertiary/aromatic N) is 5. The van der Waals surface area contributed by atoms with E-state index in [2.05, 4.69) is 25.4 Å². The molecule has 0 spiro atoms. The highest BCUT2D eigenvalue weighted by molar-refractivity contribution is 7.89. The van der Waals surface area contributed by atoms with Gasteiger partial charge in [0, 0.05) is 25.6 Å². The smallest absolute Gasteiger partial charge is 0.312 e. The van der Waals surface area contributed by atoms with Gasteiger partial charge in [-0.15, -0.1) is 0 Å². The van der Waals surface area contributed by atoms with Crippen molar-refractivity contribution in [3.05, 3.63) is 60.1 Å². The second-order valence-electron chi connectivity index (χ2n) is 6.57. The van der Waals surface area contributed by atoms with Crippen molar-refractivity contribution in [3.8, 4) is 0 Å². The first-order chi connectivity index (χ1) is 14.4. The average Bonchev–Trinajstić information content (AvgIpc) is 3.34. The van der Waals surface area contributed by atoms with Crippen LogP contribution in [0.4, 0.5) is 10.2 Å². The third kappa shape index (κ3) is 4.44. The molecular weight excluding hydrogens is 413 g/mol. The van der Waals surface area contributed by atoms with Crippen LogP contribution in [-0.4, -0.2) is 33.1 Å². The van der Waals surface area contributed by atoms with Crippen LogP contribution in [0, 0.1) is 6.08 Å². The fraction of sp³-hybridized carbons (Fsp3) is 0.222. The second-order valence-corrected chi connectivity index (χ2v) is 8.08. The molecule has 0 aliphatic rings. The fourth-order valence-corrected chi connectivity index (χ4v) is 3.39. The van der Waals surface area contributed by atoms with Crippen LogP contribution in [0.1, 0.15) is 17.7 Å². The molecule has 0 saturated carbocycles. The van der Waals surface area contributed by atoms with Gasteiger partial charge in [-0.1, -0.05) is 35.5 Å². The number of hydrogen-bond donors (Lipinski definition) is 2. The Morgan fingerprint density at radius 2 is 2.00 bits per heavy atom. The summed E-state index contributed by atoms with van der Waals surface area (Å²) in [4.78, 5) is 12.0. The molecule has 0 aliphatic heterocycles. The molecule has 0 unspecified atom stereocenters. The maximum atomic E-state index is 14.0. The van der Waals surface area contributed by atoms with Gasteiger partial charge in [0.15, 0.2) is 17.0 Å². The van der Waals surface area contributed by atoms with Crippen LogP contribution < -0.4 is 10.5 Å². The Morgan fingerprint density at radius 1 is 1.20 bits per heavy atom. The van der Waals surface area contributed by atoms with Crippen LogP contribution in [0.15, 0.2) is 52.3 Å². The van der Waals surface area contributed by atoms with Crippen LogP contribution in [0.3, 0.4) is 0 Å². The van der Waals surface area contributed by atoms with Crippen molar-refractivity contribution in [1.29, 1.82) is 0 Å². The van der Waals surface area contributed by atoms with Gasteiger partial charge in [-0.05, 0) is 12.0 Å². The quantitative estimate of drug-likeness (QED) is 0.403. The van der Waals surface area contributed by atoms with Crippen molar-refractivity contribution in [2.75, 3.05) is 5.32 Å². The van der Waals surface area contributed by atoms with E-state index in [1.54, 1.807) is 10.9 Å². The van der Waals surface area contributed by atoms with Crippen molar-refractivity contribution in [2.24, 2.45) is 5.14 Å². The molecule has 12 heteroatoms. The van der Waals surface area contributed by atoms with Crippen molar-refractivity contribution in [3.63, 3.8) is 0 Å². The number of primary sulfonamides is 1. The average molecular weight is 431 g/mol. The lowest BCUT2D eigenvalue weighted by Crippen LogP contribution is -2.12. The molecule has 0 bridgehead atoms. The van der Waals surface area contributed by atoms with Gasteiger partial charge >= 0.3 is 6.08 Å². The number of sulfonamides is 1. The van der Waals surface area contributed by atoms with Crippen LogP contribution in [0.25, 0.3) is 11.2 Å². The third-order valence-corrected chi connectivity index (χ3v) is 5.17. The van der Waals surface area contributed by atoms with Gasteiger partial charge in [-0.3, -0.25) is 0 Å². The van der Waals surface area contributed by atoms with E-state index >= 15 is 0 Å². The predicted molar refractivity (Wildman–Crippen MR) is 105 cm³/mol. The fourth-order valence-electron chi connectivity index (χ4n) is 2.96. The monoisotopic (exact) mass is 431 g/mol. The van der Waals surface area contributed by atoms with Crippen LogP contribution in [0.5, 0.6) is 0 Å². The highest BCUT2D eigenvalue weighted by Crippen LogP contribution is 2.20. The zero-order valence-electron chi connectivity index (χ0n) is 15.7. The number of hydrogen-bond acceptors (Lipinski definition) is 8. The van der Waals surface area contributed by atoms with E-state index < -0.39 is 16.1 Å². The summed E-state index contributed by atoms with van der Waals surface area (Å²) in [7, 11) is -3.90. The molecule has 0 aliphatic carbocycles. The number of imidazole rings is 1. The number of anilines is 1. The molecule has 0 fully saturated rings. The van der Waals surface area contributed by atoms with E-state index in [0.717, 1.165) is 5.56 Å². The van der Waals surface area contributed by atoms with E-state index in [1.807, 2.05) is 30.3 Å². The molecule has 3 aromatic heterocycles. The van der Waals surface area contributed by atoms with Crippen LogP contribution in [0.2, 0.25) is 0 Å². The molecule has 1 aromatic carbocycles. The number of halogens is 1. The zero-order chi connectivity index (χ0) is 21.1. The third-order valence-electron chi connectivity index (χ3n) is 4.39. The molecule has 0 amide bonds. The molecule has 4 rings (SSSR count). The molecular formula is C18H18FN7O3S. The lowest BCUT2D eigenvalue weighted by Gasteiger charge is -2.07. The molecule has 0 atom stereocenters. The molecule has 3 heterocycles. The van der Waals surface area contributed by atoms with Crippen molar-refractivity contribution >= 4 is 27.0 Å². The second kappa shape index (κ2) is 8.16. The van der Waals surface area contributed by atoms with E-state index in [1.165, 1.54) is 6.07 Å². The van der Waals surface area contributed by atoms with Gasteiger partial charge in [-0.2, -0.15) is 14.4 Å². The number of aromatic nitrogens is 5. The van der Waals surface area contributed by atoms with E-state index in [0.29, 0.717) is 48.7 Å². The highest BCUT2D eigenvalue weighted by atomic mass is 32.2. The van der Waals surface area contributed by atoms with Gasteiger partial charge in [0.2, 0.25) is 5.03 Å². The van der Waals surface area contributed by atoms with E-state index in [4.69, 9.17) is 9.66 Å². The molecule has 0 saturated heterocycles. The Hall–Kier alpha value is -3.38. The Balaban J connectivity index is 1.46. The van der Waals surface area contributed by atoms with Crippen molar-refractivity contribution in [2.45, 2.75) is 31.0 Å². The molecule has 3 N–H and O–H groups in total. The van der Waals surface area contributed by atoms with Crippen molar-refractivity contribution < 1.29 is 17.3 Å². The number of aryl methyl sites for hydroxylation is 2. The highest BCUT2D eigenvalue weighted by Gasteiger charge is 2.16. The molecule has 30 heavy (non-hydrogen) atoms. The summed E-state index contributed by atoms with van der Waals surface area (Å²) in [6.45, 7) is 0.924. The topological polar surface area (TPSA) is 142 Å². The van der Waals surface area contributed by atoms with Gasteiger partial charge in [0.1, 0.15) is 5.76 Å². The standard InChI is InChI=1S/C18H18FN7O3S/c19-18-23-16(21-10-12-5-2-1-3-6-12)15-17(24-18)26(11-22-15)8-4-7-13-9-14(25-29-13)30(20,27)28/h1-3,5-6,9,11H,4,7-8,10H2,(H2,20,27,28)(H,21,23,24). The van der Waals surface area contributed by atoms with Gasteiger partial charge in [0.25, 0.3) is 10.0 Å². The summed E-state index contributed by atoms with van der Waals surface area (Å²) >= 11 is 0. The first-order valence-corrected chi connectivity index (χ1v) is 10.6. The summed E-state index contributed by atoms with van der Waals surface area (Å²) in [6.07, 6.45) is 1.67. The summed E-state index contributed by atoms with van der Waals surface area (Å²) in [5, 5.41) is 11.2.